The van der Waals surface area contributed by atoms with Gasteiger partial charge >= 0.3 is 16.4 Å². The van der Waals surface area contributed by atoms with E-state index < -0.39 is 57.1 Å². The minimum atomic E-state index is -4.67. The molecule has 0 radical (unpaired) electrons. The molecular formula is C22H33N6O12S3+. The summed E-state index contributed by atoms with van der Waals surface area (Å²) in [7, 11) is -8.94. The van der Waals surface area contributed by atoms with E-state index in [1.54, 1.807) is 25.1 Å². The zero-order valence-corrected chi connectivity index (χ0v) is 25.2. The maximum Gasteiger partial charge on any atom is 0.394 e. The third-order valence-electron chi connectivity index (χ3n) is 5.91. The van der Waals surface area contributed by atoms with Crippen LogP contribution in [-0.2, 0) is 40.9 Å². The van der Waals surface area contributed by atoms with Gasteiger partial charge in [0.15, 0.2) is 17.7 Å². The Bertz CT molecular complexity index is 1600. The van der Waals surface area contributed by atoms with Crippen LogP contribution in [0.1, 0.15) is 18.2 Å². The molecule has 1 aliphatic heterocycles. The van der Waals surface area contributed by atoms with Gasteiger partial charge < -0.3 is 31.5 Å². The number of nitrogens with zero attached hydrogens (tertiary/aromatic N) is 4. The van der Waals surface area contributed by atoms with Crippen LogP contribution in [0.3, 0.4) is 0 Å². The topological polar surface area (TPSA) is 312 Å². The molecule has 1 aromatic carbocycles. The summed E-state index contributed by atoms with van der Waals surface area (Å²) < 4.78 is 68.9. The molecule has 1 saturated heterocycles. The Kier molecular flexibility index (Phi) is 12.7. The van der Waals surface area contributed by atoms with Crippen molar-refractivity contribution in [2.45, 2.75) is 48.8 Å². The molecule has 4 rings (SSSR count). The highest BCUT2D eigenvalue weighted by atomic mass is 32.3. The Morgan fingerprint density at radius 1 is 1.09 bits per heavy atom. The summed E-state index contributed by atoms with van der Waals surface area (Å²) in [4.78, 5) is 22.9. The molecule has 0 bridgehead atoms. The lowest BCUT2D eigenvalue weighted by Gasteiger charge is -2.16. The van der Waals surface area contributed by atoms with Crippen molar-refractivity contribution in [2.24, 2.45) is 5.73 Å². The Morgan fingerprint density at radius 3 is 2.23 bits per heavy atom. The van der Waals surface area contributed by atoms with Crippen molar-refractivity contribution < 1.29 is 55.3 Å². The molecule has 6 atom stereocenters. The van der Waals surface area contributed by atoms with Gasteiger partial charge in [-0.2, -0.15) is 16.8 Å². The van der Waals surface area contributed by atoms with E-state index in [9.17, 15) is 23.4 Å². The molecule has 21 heteroatoms. The van der Waals surface area contributed by atoms with E-state index in [-0.39, 0.29) is 21.6 Å². The molecule has 2 aromatic heterocycles. The molecule has 1 unspecified atom stereocenters. The van der Waals surface area contributed by atoms with Crippen LogP contribution < -0.4 is 11.5 Å². The highest BCUT2D eigenvalue weighted by Crippen LogP contribution is 2.32. The van der Waals surface area contributed by atoms with Gasteiger partial charge in [-0.15, -0.1) is 0 Å². The van der Waals surface area contributed by atoms with E-state index in [2.05, 4.69) is 15.0 Å². The van der Waals surface area contributed by atoms with Gasteiger partial charge in [0.25, 0.3) is 10.1 Å². The van der Waals surface area contributed by atoms with Crippen molar-refractivity contribution in [3.8, 4) is 0 Å². The molecule has 43 heavy (non-hydrogen) atoms. The highest BCUT2D eigenvalue weighted by molar-refractivity contribution is 7.96. The summed E-state index contributed by atoms with van der Waals surface area (Å²) in [5.41, 5.74) is 12.6. The molecule has 0 aliphatic carbocycles. The Labute approximate surface area is 249 Å². The molecule has 3 aromatic rings. The number of hydrogen-bond acceptors (Lipinski definition) is 13. The number of aliphatic hydroxyl groups excluding tert-OH is 2. The lowest BCUT2D eigenvalue weighted by Crippen LogP contribution is -2.37. The molecule has 1 fully saturated rings. The number of hydrogen-bond donors (Lipinski definition) is 8. The van der Waals surface area contributed by atoms with Crippen LogP contribution in [0.15, 0.2) is 41.8 Å². The highest BCUT2D eigenvalue weighted by Gasteiger charge is 2.46. The van der Waals surface area contributed by atoms with Crippen molar-refractivity contribution >= 4 is 54.4 Å². The lowest BCUT2D eigenvalue weighted by molar-refractivity contribution is -0.138. The van der Waals surface area contributed by atoms with Gasteiger partial charge in [0.1, 0.15) is 47.7 Å². The number of ether oxygens (including phenoxy) is 1. The maximum absolute atomic E-state index is 10.8. The monoisotopic (exact) mass is 669 g/mol. The first-order valence-electron chi connectivity index (χ1n) is 12.1. The molecule has 240 valence electrons. The van der Waals surface area contributed by atoms with Crippen molar-refractivity contribution in [1.29, 1.82) is 0 Å². The van der Waals surface area contributed by atoms with Gasteiger partial charge in [0.05, 0.1) is 17.5 Å². The van der Waals surface area contributed by atoms with E-state index in [0.717, 1.165) is 0 Å². The van der Waals surface area contributed by atoms with Crippen LogP contribution in [0, 0.1) is 6.92 Å². The number of aromatic nitrogens is 4. The first kappa shape index (κ1) is 36.2. The van der Waals surface area contributed by atoms with Gasteiger partial charge in [-0.05, 0) is 29.4 Å². The minimum absolute atomic E-state index is 0.0278. The van der Waals surface area contributed by atoms with E-state index in [0.29, 0.717) is 34.7 Å². The number of nitrogen functional groups attached to an aromatic ring is 1. The smallest absolute Gasteiger partial charge is 0.394 e. The number of nitrogens with two attached hydrogens (primary N) is 2. The molecule has 18 nitrogen and oxygen atoms in total. The van der Waals surface area contributed by atoms with Crippen LogP contribution in [0.25, 0.3) is 11.2 Å². The number of carboxylic acid groups (broad SMARTS) is 1. The van der Waals surface area contributed by atoms with Crippen molar-refractivity contribution in [3.63, 3.8) is 0 Å². The van der Waals surface area contributed by atoms with Crippen LogP contribution in [0.2, 0.25) is 0 Å². The molecule has 0 amide bonds. The lowest BCUT2D eigenvalue weighted by atomic mass is 10.1. The van der Waals surface area contributed by atoms with Gasteiger partial charge in [0, 0.05) is 6.42 Å². The first-order valence-corrected chi connectivity index (χ1v) is 16.9. The fourth-order valence-electron chi connectivity index (χ4n) is 3.81. The summed E-state index contributed by atoms with van der Waals surface area (Å²) in [6, 6.07) is 5.36. The first-order chi connectivity index (χ1) is 19.8. The van der Waals surface area contributed by atoms with Crippen LogP contribution in [0.4, 0.5) is 5.82 Å². The fraction of sp³-hybridized carbons (Fsp3) is 0.455. The predicted octanol–water partition coefficient (Wildman–Crippen LogP) is -1.33. The molecule has 1 aliphatic rings. The normalized spacial score (nSPS) is 21.7. The van der Waals surface area contributed by atoms with Gasteiger partial charge in [-0.3, -0.25) is 23.0 Å². The number of carboxylic acids is 1. The second-order valence-corrected chi connectivity index (χ2v) is 13.8. The van der Waals surface area contributed by atoms with Crippen LogP contribution in [0.5, 0.6) is 0 Å². The molecule has 3 heterocycles. The Morgan fingerprint density at radius 2 is 1.70 bits per heavy atom. The average Bonchev–Trinajstić information content (AvgIpc) is 3.43. The summed E-state index contributed by atoms with van der Waals surface area (Å²) in [5, 5.41) is 29.7. The zero-order chi connectivity index (χ0) is 32.7. The van der Waals surface area contributed by atoms with Crippen molar-refractivity contribution in [3.05, 3.63) is 42.5 Å². The number of aliphatic carboxylic acids is 1. The average molecular weight is 670 g/mol. The number of aliphatic hydroxyl groups is 2. The second-order valence-electron chi connectivity index (χ2n) is 9.20. The number of carbonyl (C=O) groups is 1. The third-order valence-corrected chi connectivity index (χ3v) is 8.76. The standard InChI is InChI=1S/C15H22N6O5S.C7H8O3S.H2O4S/c1-27(3-2-7(16)15(24)25)4-8-10(22)11(23)14(26-8)21-6-20-9-12(17)18-5-19-13(9)21;1-6-4-2-3-5-7(6)11(8,9)10;1-5(2,3)4/h5-8,10-11,14,22-23H,2-4,16H2,1H3,(H2-,17,18,19,24,25);2-5H,1H3,(H,8,9,10);(H2,1,2,3,4)/p+1/t7-,8+,10+,11+,14+,27?;;/m0../s1. The molecule has 0 spiro atoms. The van der Waals surface area contributed by atoms with Gasteiger partial charge in [-0.1, -0.05) is 18.2 Å². The fourth-order valence-corrected chi connectivity index (χ4v) is 6.20. The van der Waals surface area contributed by atoms with Crippen molar-refractivity contribution in [2.75, 3.05) is 23.5 Å². The number of benzene rings is 1. The molecule has 10 N–H and O–H groups in total. The summed E-state index contributed by atoms with van der Waals surface area (Å²) in [6.07, 6.45) is 1.31. The summed E-state index contributed by atoms with van der Waals surface area (Å²) in [6.45, 7) is 1.63. The largest absolute Gasteiger partial charge is 0.480 e. The van der Waals surface area contributed by atoms with E-state index in [4.69, 9.17) is 43.4 Å². The Balaban J connectivity index is 0.000000332. The quantitative estimate of drug-likeness (QED) is 0.102. The van der Waals surface area contributed by atoms with Gasteiger partial charge in [-0.25, -0.2) is 15.0 Å². The molecular weight excluding hydrogens is 636 g/mol. The van der Waals surface area contributed by atoms with Crippen LogP contribution in [-0.4, -0.2) is 113 Å². The number of imidazole rings is 1. The number of anilines is 1. The van der Waals surface area contributed by atoms with E-state index in [1.807, 2.05) is 6.26 Å². The van der Waals surface area contributed by atoms with E-state index in [1.165, 1.54) is 23.3 Å². The van der Waals surface area contributed by atoms with Crippen molar-refractivity contribution in [1.82, 2.24) is 19.5 Å². The van der Waals surface area contributed by atoms with Crippen LogP contribution >= 0.6 is 0 Å². The minimum Gasteiger partial charge on any atom is -0.480 e. The predicted molar refractivity (Wildman–Crippen MR) is 154 cm³/mol. The number of rotatable bonds is 8. The maximum atomic E-state index is 10.8. The van der Waals surface area contributed by atoms with Gasteiger partial charge in [0.2, 0.25) is 0 Å². The SMILES string of the molecule is C[S+](CC[C@H](N)C(=O)O)C[C@H]1O[C@@H](n2cnc3c(N)ncnc32)[C@H](O)[C@@H]1O.Cc1ccccc1S(=O)(=O)O.O=S(=O)(O)O. The number of aryl methyl sites for hydroxylation is 1. The number of fused-ring (bicyclic) bond motifs is 1. The molecule has 0 saturated carbocycles. The second kappa shape index (κ2) is 15.1. The summed E-state index contributed by atoms with van der Waals surface area (Å²) >= 11 is 0. The van der Waals surface area contributed by atoms with E-state index >= 15 is 0 Å². The third kappa shape index (κ3) is 10.9. The zero-order valence-electron chi connectivity index (χ0n) is 22.8. The summed E-state index contributed by atoms with van der Waals surface area (Å²) in [5.74, 6) is 0.254. The Hall–Kier alpha value is -2.99.